The van der Waals surface area contributed by atoms with Gasteiger partial charge in [-0.25, -0.2) is 0 Å². The quantitative estimate of drug-likeness (QED) is 0.631. The first kappa shape index (κ1) is 15.0. The van der Waals surface area contributed by atoms with Gasteiger partial charge in [-0.3, -0.25) is 9.59 Å². The summed E-state index contributed by atoms with van der Waals surface area (Å²) in [6, 6.07) is 0. The number of rotatable bonds is 7. The predicted molar refractivity (Wildman–Crippen MR) is 69.2 cm³/mol. The highest BCUT2D eigenvalue weighted by molar-refractivity contribution is 5.79. The summed E-state index contributed by atoms with van der Waals surface area (Å²) in [4.78, 5) is 22.6. The van der Waals surface area contributed by atoms with E-state index in [0.717, 1.165) is 25.9 Å². The first-order valence-electron chi connectivity index (χ1n) is 6.69. The molecule has 1 fully saturated rings. The summed E-state index contributed by atoms with van der Waals surface area (Å²) in [5.41, 5.74) is 0. The van der Waals surface area contributed by atoms with Crippen molar-refractivity contribution in [3.8, 4) is 0 Å². The molecule has 0 spiro atoms. The van der Waals surface area contributed by atoms with E-state index in [1.807, 2.05) is 0 Å². The second kappa shape index (κ2) is 7.36. The molecular weight excluding hydrogens is 232 g/mol. The molecule has 0 aliphatic carbocycles. The molecule has 1 rings (SSSR count). The summed E-state index contributed by atoms with van der Waals surface area (Å²) in [5.74, 6) is -0.216. The Morgan fingerprint density at radius 3 is 2.67 bits per heavy atom. The summed E-state index contributed by atoms with van der Waals surface area (Å²) in [6.07, 6.45) is 1.83. The Balaban J connectivity index is 2.35. The number of carbonyl (C=O) groups is 2. The van der Waals surface area contributed by atoms with Gasteiger partial charge >= 0.3 is 5.97 Å². The van der Waals surface area contributed by atoms with Crippen LogP contribution in [0.4, 0.5) is 0 Å². The third kappa shape index (κ3) is 5.49. The number of aliphatic carboxylic acids is 1. The largest absolute Gasteiger partial charge is 0.481 e. The van der Waals surface area contributed by atoms with Crippen molar-refractivity contribution in [1.82, 2.24) is 10.6 Å². The molecule has 1 aliphatic heterocycles. The Hall–Kier alpha value is -1.10. The van der Waals surface area contributed by atoms with E-state index in [9.17, 15) is 9.59 Å². The Kier molecular flexibility index (Phi) is 6.12. The van der Waals surface area contributed by atoms with Gasteiger partial charge in [0.25, 0.3) is 0 Å². The van der Waals surface area contributed by atoms with Crippen LogP contribution in [-0.2, 0) is 9.59 Å². The van der Waals surface area contributed by atoms with Gasteiger partial charge in [0.2, 0.25) is 5.91 Å². The van der Waals surface area contributed by atoms with Crippen molar-refractivity contribution in [2.45, 2.75) is 33.1 Å². The van der Waals surface area contributed by atoms with Crippen molar-refractivity contribution in [3.05, 3.63) is 0 Å². The molecule has 0 aromatic rings. The molecule has 1 aliphatic rings. The van der Waals surface area contributed by atoms with Crippen molar-refractivity contribution < 1.29 is 14.7 Å². The van der Waals surface area contributed by atoms with E-state index in [4.69, 9.17) is 5.11 Å². The molecule has 0 unspecified atom stereocenters. The lowest BCUT2D eigenvalue weighted by atomic mass is 9.94. The topological polar surface area (TPSA) is 78.4 Å². The Morgan fingerprint density at radius 2 is 2.17 bits per heavy atom. The molecule has 2 atom stereocenters. The monoisotopic (exact) mass is 256 g/mol. The van der Waals surface area contributed by atoms with Gasteiger partial charge in [-0.05, 0) is 31.2 Å². The maximum absolute atomic E-state index is 11.8. The molecular formula is C13H24N2O3. The molecule has 0 radical (unpaired) electrons. The lowest BCUT2D eigenvalue weighted by molar-refractivity contribution is -0.138. The Morgan fingerprint density at radius 1 is 1.44 bits per heavy atom. The maximum Gasteiger partial charge on any atom is 0.303 e. The molecule has 3 N–H and O–H groups in total. The van der Waals surface area contributed by atoms with Crippen LogP contribution in [0.5, 0.6) is 0 Å². The van der Waals surface area contributed by atoms with Crippen LogP contribution < -0.4 is 10.6 Å². The average Bonchev–Trinajstić information content (AvgIpc) is 2.77. The van der Waals surface area contributed by atoms with Crippen LogP contribution in [0.25, 0.3) is 0 Å². The Bertz CT molecular complexity index is 286. The van der Waals surface area contributed by atoms with E-state index >= 15 is 0 Å². The molecule has 104 valence electrons. The van der Waals surface area contributed by atoms with E-state index in [0.29, 0.717) is 12.5 Å². The summed E-state index contributed by atoms with van der Waals surface area (Å²) in [7, 11) is 0. The second-order valence-corrected chi connectivity index (χ2v) is 5.53. The molecule has 1 heterocycles. The van der Waals surface area contributed by atoms with Gasteiger partial charge in [0.15, 0.2) is 0 Å². The fourth-order valence-corrected chi connectivity index (χ4v) is 2.42. The third-order valence-corrected chi connectivity index (χ3v) is 3.26. The molecule has 1 saturated heterocycles. The summed E-state index contributed by atoms with van der Waals surface area (Å²) < 4.78 is 0. The van der Waals surface area contributed by atoms with Crippen LogP contribution in [0.1, 0.15) is 33.1 Å². The van der Waals surface area contributed by atoms with Gasteiger partial charge in [0.05, 0.1) is 5.92 Å². The van der Waals surface area contributed by atoms with Crippen molar-refractivity contribution in [2.75, 3.05) is 19.6 Å². The van der Waals surface area contributed by atoms with Crippen LogP contribution >= 0.6 is 0 Å². The zero-order chi connectivity index (χ0) is 13.5. The summed E-state index contributed by atoms with van der Waals surface area (Å²) in [6.45, 7) is 6.23. The minimum atomic E-state index is -0.794. The van der Waals surface area contributed by atoms with Crippen LogP contribution in [0.2, 0.25) is 0 Å². The van der Waals surface area contributed by atoms with Crippen molar-refractivity contribution in [2.24, 2.45) is 17.8 Å². The smallest absolute Gasteiger partial charge is 0.303 e. The van der Waals surface area contributed by atoms with Gasteiger partial charge in [-0.2, -0.15) is 0 Å². The zero-order valence-electron chi connectivity index (χ0n) is 11.2. The lowest BCUT2D eigenvalue weighted by Gasteiger charge is -2.19. The number of carbonyl (C=O) groups excluding carboxylic acids is 1. The van der Waals surface area contributed by atoms with Gasteiger partial charge in [-0.15, -0.1) is 0 Å². The first-order valence-corrected chi connectivity index (χ1v) is 6.69. The van der Waals surface area contributed by atoms with E-state index in [2.05, 4.69) is 24.5 Å². The minimum Gasteiger partial charge on any atom is -0.481 e. The van der Waals surface area contributed by atoms with Crippen LogP contribution in [0, 0.1) is 17.8 Å². The number of amides is 1. The number of carboxylic acids is 1. The predicted octanol–water partition coefficient (Wildman–Crippen LogP) is 0.849. The van der Waals surface area contributed by atoms with Crippen LogP contribution in [0.15, 0.2) is 0 Å². The highest BCUT2D eigenvalue weighted by atomic mass is 16.4. The van der Waals surface area contributed by atoms with Crippen LogP contribution in [-0.4, -0.2) is 36.6 Å². The van der Waals surface area contributed by atoms with E-state index in [1.165, 1.54) is 0 Å². The molecule has 1 amide bonds. The van der Waals surface area contributed by atoms with Gasteiger partial charge in [0, 0.05) is 19.5 Å². The highest BCUT2D eigenvalue weighted by Gasteiger charge is 2.23. The van der Waals surface area contributed by atoms with Crippen molar-refractivity contribution in [1.29, 1.82) is 0 Å². The van der Waals surface area contributed by atoms with Gasteiger partial charge in [-0.1, -0.05) is 13.8 Å². The van der Waals surface area contributed by atoms with Crippen molar-refractivity contribution >= 4 is 11.9 Å². The number of hydrogen-bond acceptors (Lipinski definition) is 3. The van der Waals surface area contributed by atoms with E-state index in [1.54, 1.807) is 0 Å². The molecule has 18 heavy (non-hydrogen) atoms. The fraction of sp³-hybridized carbons (Fsp3) is 0.846. The zero-order valence-corrected chi connectivity index (χ0v) is 11.2. The molecule has 5 heteroatoms. The molecule has 0 aromatic carbocycles. The summed E-state index contributed by atoms with van der Waals surface area (Å²) >= 11 is 0. The molecule has 0 bridgehead atoms. The second-order valence-electron chi connectivity index (χ2n) is 5.53. The fourth-order valence-electron chi connectivity index (χ4n) is 2.42. The van der Waals surface area contributed by atoms with Gasteiger partial charge in [0.1, 0.15) is 0 Å². The first-order chi connectivity index (χ1) is 8.49. The molecule has 5 nitrogen and oxygen atoms in total. The standard InChI is InChI=1S/C13H24N2O3/c1-9(2)5-10(6-12(16)17)7-15-13(18)11-3-4-14-8-11/h9-11,14H,3-8H2,1-2H3,(H,15,18)(H,16,17)/t10-,11-/m0/s1. The van der Waals surface area contributed by atoms with E-state index in [-0.39, 0.29) is 24.2 Å². The lowest BCUT2D eigenvalue weighted by Crippen LogP contribution is -2.36. The minimum absolute atomic E-state index is 0.0285. The Labute approximate surface area is 108 Å². The normalized spacial score (nSPS) is 20.9. The van der Waals surface area contributed by atoms with Crippen molar-refractivity contribution in [3.63, 3.8) is 0 Å². The number of carboxylic acid groups (broad SMARTS) is 1. The molecule has 0 saturated carbocycles. The highest BCUT2D eigenvalue weighted by Crippen LogP contribution is 2.15. The average molecular weight is 256 g/mol. The number of hydrogen-bond donors (Lipinski definition) is 3. The maximum atomic E-state index is 11.8. The van der Waals surface area contributed by atoms with Gasteiger partial charge < -0.3 is 15.7 Å². The number of nitrogens with one attached hydrogen (secondary N) is 2. The summed E-state index contributed by atoms with van der Waals surface area (Å²) in [5, 5.41) is 14.9. The SMILES string of the molecule is CC(C)C[C@H](CNC(=O)[C@H]1CCNC1)CC(=O)O. The van der Waals surface area contributed by atoms with Crippen LogP contribution in [0.3, 0.4) is 0 Å². The molecule has 0 aromatic heterocycles. The van der Waals surface area contributed by atoms with E-state index < -0.39 is 5.97 Å². The third-order valence-electron chi connectivity index (χ3n) is 3.26.